The van der Waals surface area contributed by atoms with E-state index in [4.69, 9.17) is 5.11 Å². The average molecular weight is 272 g/mol. The highest BCUT2D eigenvalue weighted by Crippen LogP contribution is 2.25. The molecule has 4 nitrogen and oxygen atoms in total. The average Bonchev–Trinajstić information content (AvgIpc) is 2.69. The molecule has 0 spiro atoms. The van der Waals surface area contributed by atoms with Crippen LogP contribution in [-0.2, 0) is 16.8 Å². The summed E-state index contributed by atoms with van der Waals surface area (Å²) in [6.45, 7) is 8.28. The highest BCUT2D eigenvalue weighted by molar-refractivity contribution is 5.67. The lowest BCUT2D eigenvalue weighted by Crippen LogP contribution is -2.10. The fourth-order valence-corrected chi connectivity index (χ4v) is 2.09. The second-order valence-corrected chi connectivity index (χ2v) is 6.02. The Hall–Kier alpha value is -2.10. The van der Waals surface area contributed by atoms with Crippen molar-refractivity contribution in [1.29, 1.82) is 0 Å². The lowest BCUT2D eigenvalue weighted by molar-refractivity contribution is -0.137. The van der Waals surface area contributed by atoms with Gasteiger partial charge in [-0.05, 0) is 17.9 Å². The molecular formula is C16H20N2O2. The van der Waals surface area contributed by atoms with Crippen LogP contribution in [0.4, 0.5) is 0 Å². The summed E-state index contributed by atoms with van der Waals surface area (Å²) in [5.74, 6) is -0.151. The monoisotopic (exact) mass is 272 g/mol. The second kappa shape index (κ2) is 5.12. The van der Waals surface area contributed by atoms with E-state index in [9.17, 15) is 4.79 Å². The third-order valence-electron chi connectivity index (χ3n) is 3.33. The van der Waals surface area contributed by atoms with Gasteiger partial charge in [-0.25, -0.2) is 4.98 Å². The minimum absolute atomic E-state index is 0.0566. The molecule has 0 aliphatic carbocycles. The summed E-state index contributed by atoms with van der Waals surface area (Å²) in [6, 6.07) is 8.27. The van der Waals surface area contributed by atoms with Crippen LogP contribution in [0.3, 0.4) is 0 Å². The number of rotatable bonds is 3. The summed E-state index contributed by atoms with van der Waals surface area (Å²) in [4.78, 5) is 15.2. The van der Waals surface area contributed by atoms with Crippen molar-refractivity contribution in [3.63, 3.8) is 0 Å². The Kier molecular flexibility index (Phi) is 3.66. The van der Waals surface area contributed by atoms with Gasteiger partial charge in [-0.15, -0.1) is 0 Å². The van der Waals surface area contributed by atoms with Crippen LogP contribution in [-0.4, -0.2) is 20.6 Å². The number of carbonyl (C=O) groups is 1. The van der Waals surface area contributed by atoms with E-state index in [0.29, 0.717) is 5.82 Å². The zero-order valence-corrected chi connectivity index (χ0v) is 12.3. The van der Waals surface area contributed by atoms with Crippen molar-refractivity contribution in [3.8, 4) is 11.3 Å². The van der Waals surface area contributed by atoms with Gasteiger partial charge in [0.15, 0.2) is 0 Å². The minimum Gasteiger partial charge on any atom is -0.480 e. The van der Waals surface area contributed by atoms with E-state index >= 15 is 0 Å². The Bertz CT molecular complexity index is 619. The third-order valence-corrected chi connectivity index (χ3v) is 3.33. The number of aryl methyl sites for hydroxylation is 1. The molecule has 0 bridgehead atoms. The molecule has 0 saturated carbocycles. The minimum atomic E-state index is -0.861. The largest absolute Gasteiger partial charge is 0.480 e. The lowest BCUT2D eigenvalue weighted by Gasteiger charge is -2.18. The van der Waals surface area contributed by atoms with E-state index < -0.39 is 5.97 Å². The summed E-state index contributed by atoms with van der Waals surface area (Å²) in [7, 11) is 0. The van der Waals surface area contributed by atoms with Gasteiger partial charge >= 0.3 is 5.97 Å². The zero-order chi connectivity index (χ0) is 14.9. The summed E-state index contributed by atoms with van der Waals surface area (Å²) in [5.41, 5.74) is 3.20. The van der Waals surface area contributed by atoms with Crippen LogP contribution in [0.1, 0.15) is 32.2 Å². The Balaban J connectivity index is 2.30. The summed E-state index contributed by atoms with van der Waals surface area (Å²) in [6.07, 6.45) is 1.79. The molecule has 0 unspecified atom stereocenters. The van der Waals surface area contributed by atoms with E-state index in [-0.39, 0.29) is 12.0 Å². The predicted octanol–water partition coefficient (Wildman–Crippen LogP) is 3.24. The van der Waals surface area contributed by atoms with Crippen molar-refractivity contribution in [2.24, 2.45) is 0 Å². The molecule has 1 aromatic carbocycles. The van der Waals surface area contributed by atoms with Crippen LogP contribution in [0, 0.1) is 6.92 Å². The number of benzene rings is 1. The van der Waals surface area contributed by atoms with Gasteiger partial charge < -0.3 is 9.67 Å². The van der Waals surface area contributed by atoms with Crippen molar-refractivity contribution in [3.05, 3.63) is 41.9 Å². The molecule has 1 heterocycles. The predicted molar refractivity (Wildman–Crippen MR) is 78.7 cm³/mol. The van der Waals surface area contributed by atoms with E-state index in [1.807, 2.05) is 19.1 Å². The standard InChI is InChI=1S/C16H20N2O2/c1-11-17-14(9-18(11)10-15(19)20)12-5-7-13(8-6-12)16(2,3)4/h5-9H,10H2,1-4H3,(H,19,20). The first-order valence-electron chi connectivity index (χ1n) is 6.64. The molecule has 4 heteroatoms. The molecular weight excluding hydrogens is 252 g/mol. The van der Waals surface area contributed by atoms with Crippen LogP contribution in [0.5, 0.6) is 0 Å². The topological polar surface area (TPSA) is 55.1 Å². The molecule has 1 N–H and O–H groups in total. The van der Waals surface area contributed by atoms with Crippen molar-refractivity contribution >= 4 is 5.97 Å². The van der Waals surface area contributed by atoms with Crippen LogP contribution < -0.4 is 0 Å². The van der Waals surface area contributed by atoms with Crippen LogP contribution in [0.2, 0.25) is 0 Å². The maximum absolute atomic E-state index is 10.8. The lowest BCUT2D eigenvalue weighted by atomic mass is 9.86. The van der Waals surface area contributed by atoms with Crippen LogP contribution >= 0.6 is 0 Å². The van der Waals surface area contributed by atoms with Crippen LogP contribution in [0.25, 0.3) is 11.3 Å². The number of carboxylic acids is 1. The fourth-order valence-electron chi connectivity index (χ4n) is 2.09. The Morgan fingerprint density at radius 3 is 2.35 bits per heavy atom. The Morgan fingerprint density at radius 1 is 1.25 bits per heavy atom. The maximum atomic E-state index is 10.8. The number of hydrogen-bond donors (Lipinski definition) is 1. The number of nitrogens with zero attached hydrogens (tertiary/aromatic N) is 2. The van der Waals surface area contributed by atoms with Crippen molar-refractivity contribution in [1.82, 2.24) is 9.55 Å². The molecule has 1 aromatic heterocycles. The van der Waals surface area contributed by atoms with Gasteiger partial charge in [0.1, 0.15) is 12.4 Å². The SMILES string of the molecule is Cc1nc(-c2ccc(C(C)(C)C)cc2)cn1CC(=O)O. The third kappa shape index (κ3) is 3.07. The van der Waals surface area contributed by atoms with E-state index in [1.165, 1.54) is 5.56 Å². The molecule has 0 radical (unpaired) electrons. The van der Waals surface area contributed by atoms with Gasteiger partial charge in [0, 0.05) is 11.8 Å². The van der Waals surface area contributed by atoms with Crippen molar-refractivity contribution in [2.45, 2.75) is 39.7 Å². The van der Waals surface area contributed by atoms with Crippen molar-refractivity contribution in [2.75, 3.05) is 0 Å². The highest BCUT2D eigenvalue weighted by Gasteiger charge is 2.14. The molecule has 0 aliphatic heterocycles. The van der Waals surface area contributed by atoms with E-state index in [1.54, 1.807) is 10.8 Å². The molecule has 0 fully saturated rings. The quantitative estimate of drug-likeness (QED) is 0.933. The van der Waals surface area contributed by atoms with Gasteiger partial charge in [-0.2, -0.15) is 0 Å². The first-order valence-corrected chi connectivity index (χ1v) is 6.64. The summed E-state index contributed by atoms with van der Waals surface area (Å²) in [5, 5.41) is 8.85. The van der Waals surface area contributed by atoms with Crippen molar-refractivity contribution < 1.29 is 9.90 Å². The summed E-state index contributed by atoms with van der Waals surface area (Å²) >= 11 is 0. The molecule has 0 amide bonds. The first-order chi connectivity index (χ1) is 9.27. The fraction of sp³-hybridized carbons (Fsp3) is 0.375. The molecule has 0 atom stereocenters. The first kappa shape index (κ1) is 14.3. The van der Waals surface area contributed by atoms with Gasteiger partial charge in [0.2, 0.25) is 0 Å². The molecule has 0 saturated heterocycles. The van der Waals surface area contributed by atoms with Gasteiger partial charge in [-0.3, -0.25) is 4.79 Å². The van der Waals surface area contributed by atoms with Gasteiger partial charge in [0.25, 0.3) is 0 Å². The molecule has 0 aliphatic rings. The zero-order valence-electron chi connectivity index (χ0n) is 12.3. The number of hydrogen-bond acceptors (Lipinski definition) is 2. The second-order valence-electron chi connectivity index (χ2n) is 6.02. The van der Waals surface area contributed by atoms with Gasteiger partial charge in [0.05, 0.1) is 5.69 Å². The van der Waals surface area contributed by atoms with E-state index in [2.05, 4.69) is 37.9 Å². The van der Waals surface area contributed by atoms with Crippen LogP contribution in [0.15, 0.2) is 30.5 Å². The molecule has 2 rings (SSSR count). The molecule has 2 aromatic rings. The smallest absolute Gasteiger partial charge is 0.323 e. The van der Waals surface area contributed by atoms with E-state index in [0.717, 1.165) is 11.3 Å². The molecule has 20 heavy (non-hydrogen) atoms. The number of aliphatic carboxylic acids is 1. The highest BCUT2D eigenvalue weighted by atomic mass is 16.4. The normalized spacial score (nSPS) is 11.6. The number of imidazole rings is 1. The molecule has 106 valence electrons. The maximum Gasteiger partial charge on any atom is 0.323 e. The van der Waals surface area contributed by atoms with Gasteiger partial charge in [-0.1, -0.05) is 45.0 Å². The number of carboxylic acid groups (broad SMARTS) is 1. The number of aromatic nitrogens is 2. The Morgan fingerprint density at radius 2 is 1.85 bits per heavy atom. The summed E-state index contributed by atoms with van der Waals surface area (Å²) < 4.78 is 1.65. The Labute approximate surface area is 119 Å².